The Kier molecular flexibility index (Phi) is 25.1. The van der Waals surface area contributed by atoms with Crippen molar-refractivity contribution in [1.82, 2.24) is 0 Å². The smallest absolute Gasteiger partial charge is 0.340 e. The highest BCUT2D eigenvalue weighted by Crippen LogP contribution is 2.41. The van der Waals surface area contributed by atoms with Crippen LogP contribution in [0, 0.1) is 0 Å². The normalized spacial score (nSPS) is 27.1. The van der Waals surface area contributed by atoms with Crippen molar-refractivity contribution < 1.29 is 124 Å². The molecule has 11 rings (SSSR count). The average Bonchev–Trinajstić information content (AvgIpc) is 1.42. The van der Waals surface area contributed by atoms with Crippen LogP contribution in [0.5, 0.6) is 0 Å². The Morgan fingerprint density at radius 1 is 0.408 bits per heavy atom. The molecule has 0 bridgehead atoms. The van der Waals surface area contributed by atoms with Crippen molar-refractivity contribution in [2.75, 3.05) is 27.4 Å². The van der Waals surface area contributed by atoms with Crippen LogP contribution in [0.15, 0.2) is 182 Å². The highest BCUT2D eigenvalue weighted by Gasteiger charge is 2.59. The number of carbonyl (C=O) groups is 8. The highest BCUT2D eigenvalue weighted by molar-refractivity contribution is 5.93. The van der Waals surface area contributed by atoms with Crippen molar-refractivity contribution in [3.8, 4) is 0 Å². The Morgan fingerprint density at radius 3 is 1.13 bits per heavy atom. The number of esters is 8. The van der Waals surface area contributed by atoms with Crippen molar-refractivity contribution in [3.63, 3.8) is 0 Å². The van der Waals surface area contributed by atoms with Gasteiger partial charge in [-0.3, -0.25) is 0 Å². The van der Waals surface area contributed by atoms with Crippen molar-refractivity contribution in [3.05, 3.63) is 215 Å². The molecule has 6 aromatic carbocycles. The summed E-state index contributed by atoms with van der Waals surface area (Å²) in [6.07, 6.45) is -17.1. The van der Waals surface area contributed by atoms with Crippen LogP contribution >= 0.6 is 0 Å². The third-order valence-electron chi connectivity index (χ3n) is 15.6. The van der Waals surface area contributed by atoms with Crippen molar-refractivity contribution in [2.45, 2.75) is 151 Å². The van der Waals surface area contributed by atoms with Gasteiger partial charge in [0.1, 0.15) is 36.6 Å². The van der Waals surface area contributed by atoms with Crippen molar-refractivity contribution >= 4 is 47.8 Å². The van der Waals surface area contributed by atoms with Gasteiger partial charge in [0.15, 0.2) is 54.5 Å². The molecule has 0 saturated carbocycles. The van der Waals surface area contributed by atoms with Crippen LogP contribution < -0.4 is 0 Å². The zero-order valence-electron chi connectivity index (χ0n) is 54.5. The zero-order valence-corrected chi connectivity index (χ0v) is 54.5. The van der Waals surface area contributed by atoms with E-state index in [9.17, 15) is 48.6 Å². The van der Waals surface area contributed by atoms with Crippen LogP contribution in [0.25, 0.3) is 0 Å². The third-order valence-corrected chi connectivity index (χ3v) is 15.6. The lowest BCUT2D eigenvalue weighted by atomic mass is 9.97. The second-order valence-electron chi connectivity index (χ2n) is 23.5. The van der Waals surface area contributed by atoms with E-state index >= 15 is 0 Å². The second-order valence-corrected chi connectivity index (χ2v) is 23.5. The lowest BCUT2D eigenvalue weighted by Crippen LogP contribution is -2.64. The van der Waals surface area contributed by atoms with Gasteiger partial charge in [0, 0.05) is 6.61 Å². The number of fused-ring (bicyclic) bond motifs is 1. The number of hydrogen-bond donors (Lipinski definition) is 2. The van der Waals surface area contributed by atoms with Gasteiger partial charge >= 0.3 is 47.8 Å². The molecule has 0 spiro atoms. The fraction of sp³-hybridized carbons (Fsp3) is 0.389. The quantitative estimate of drug-likeness (QED) is 0.0456. The first-order valence-corrected chi connectivity index (χ1v) is 31.4. The van der Waals surface area contributed by atoms with Gasteiger partial charge in [-0.15, -0.1) is 0 Å². The van der Waals surface area contributed by atoms with Gasteiger partial charge in [-0.2, -0.15) is 0 Å². The van der Waals surface area contributed by atoms with Crippen LogP contribution in [-0.4, -0.2) is 189 Å². The number of ether oxygens (including phenoxy) is 16. The molecule has 0 radical (unpaired) electrons. The molecule has 0 aliphatic carbocycles. The Hall–Kier alpha value is -9.32. The number of aliphatic hydroxyl groups excluding tert-OH is 2. The van der Waals surface area contributed by atoms with Gasteiger partial charge in [-0.1, -0.05) is 123 Å². The molecule has 5 aliphatic rings. The van der Waals surface area contributed by atoms with E-state index in [1.807, 2.05) is 20.8 Å². The van der Waals surface area contributed by atoms with Gasteiger partial charge in [-0.05, 0) is 107 Å². The first-order chi connectivity index (χ1) is 47.1. The van der Waals surface area contributed by atoms with E-state index in [0.29, 0.717) is 13.0 Å². The van der Waals surface area contributed by atoms with E-state index in [2.05, 4.69) is 0 Å². The van der Waals surface area contributed by atoms with Crippen LogP contribution in [0.2, 0.25) is 0 Å². The van der Waals surface area contributed by atoms with Crippen LogP contribution in [0.3, 0.4) is 0 Å². The van der Waals surface area contributed by atoms with E-state index in [0.717, 1.165) is 20.6 Å². The van der Waals surface area contributed by atoms with Crippen LogP contribution in [-0.2, 0) is 85.4 Å². The minimum Gasteiger partial charge on any atom is -0.467 e. The van der Waals surface area contributed by atoms with Gasteiger partial charge < -0.3 is 86.0 Å². The Bertz CT molecular complexity index is 3620. The molecule has 6 aromatic rings. The first kappa shape index (κ1) is 72.9. The molecule has 15 atom stereocenters. The summed E-state index contributed by atoms with van der Waals surface area (Å²) in [5.41, 5.74) is 1.05. The molecule has 8 unspecified atom stereocenters. The second kappa shape index (κ2) is 33.8. The van der Waals surface area contributed by atoms with E-state index in [4.69, 9.17) is 75.8 Å². The molecule has 0 amide bonds. The first-order valence-electron chi connectivity index (χ1n) is 31.4. The van der Waals surface area contributed by atoms with Gasteiger partial charge in [0.2, 0.25) is 12.6 Å². The van der Waals surface area contributed by atoms with E-state index in [1.54, 1.807) is 147 Å². The summed E-state index contributed by atoms with van der Waals surface area (Å²) < 4.78 is 89.2. The molecule has 5 heterocycles. The maximum absolute atomic E-state index is 13.2. The zero-order chi connectivity index (χ0) is 70.1. The molecule has 26 heteroatoms. The number of methoxy groups -OCH3 is 2. The summed E-state index contributed by atoms with van der Waals surface area (Å²) in [6, 6.07) is 48.0. The fourth-order valence-corrected chi connectivity index (χ4v) is 10.8. The van der Waals surface area contributed by atoms with Crippen molar-refractivity contribution in [1.29, 1.82) is 0 Å². The Balaban J connectivity index is 0.000000184. The number of unbranched alkanes of at least 4 members (excludes halogenated alkanes) is 1. The predicted molar refractivity (Wildman–Crippen MR) is 338 cm³/mol. The monoisotopic (exact) mass is 1360 g/mol. The van der Waals surface area contributed by atoms with Gasteiger partial charge in [-0.25, -0.2) is 38.4 Å². The van der Waals surface area contributed by atoms with Gasteiger partial charge in [0.25, 0.3) is 0 Å². The number of hydrogen-bond acceptors (Lipinski definition) is 26. The van der Waals surface area contributed by atoms with E-state index in [1.165, 1.54) is 48.5 Å². The summed E-state index contributed by atoms with van der Waals surface area (Å²) in [6.45, 7) is 9.79. The Morgan fingerprint density at radius 2 is 0.765 bits per heavy atom. The number of benzene rings is 6. The number of carbonyl (C=O) groups excluding carboxylic acids is 8. The molecule has 5 aliphatic heterocycles. The third kappa shape index (κ3) is 18.7. The maximum Gasteiger partial charge on any atom is 0.340 e. The highest BCUT2D eigenvalue weighted by atomic mass is 16.8. The SMILES string of the molecule is CC1(C)OCC(C2OC3OC(C)(C)OC3[C@H]2O)O1.CCCCO[C@@H]1C(OC(=O)c2ccccc2)[C@H](OC(=O)c2ccccc2)OC(C(=O)OC)[C@H]1OC(=O)c1ccccc1.COC(=O)C1O[C@@H](OC(=O)c2ccccc2)C(OC(=O)c2ccccc2)[C@@H](O)[C@@H]1OC(=O)c1ccccc1. The molecule has 26 nitrogen and oxygen atoms in total. The van der Waals surface area contributed by atoms with Crippen molar-refractivity contribution in [2.24, 2.45) is 0 Å². The molecule has 0 aromatic heterocycles. The molecule has 5 fully saturated rings. The summed E-state index contributed by atoms with van der Waals surface area (Å²) in [7, 11) is 2.21. The molecule has 5 saturated heterocycles. The molecule has 98 heavy (non-hydrogen) atoms. The molecule has 520 valence electrons. The minimum atomic E-state index is -1.85. The topological polar surface area (TPSA) is 325 Å². The lowest BCUT2D eigenvalue weighted by molar-refractivity contribution is -0.285. The number of rotatable bonds is 19. The lowest BCUT2D eigenvalue weighted by Gasteiger charge is -2.43. The maximum atomic E-state index is 13.2. The molecular formula is C72H76O26. The van der Waals surface area contributed by atoms with Crippen LogP contribution in [0.1, 0.15) is 110 Å². The van der Waals surface area contributed by atoms with Gasteiger partial charge in [0.05, 0.1) is 54.2 Å². The minimum absolute atomic E-state index is 0.138. The summed E-state index contributed by atoms with van der Waals surface area (Å²) in [5.74, 6) is -8.21. The Labute approximate surface area is 564 Å². The summed E-state index contributed by atoms with van der Waals surface area (Å²) in [5, 5.41) is 21.5. The standard InChI is InChI=1S/C32H32O10.C28H24O10.C12H20O6/c1-3-4-20-38-24-25(39-28(33)21-14-8-5-9-15-21)26(31(36)37-2)41-32(42-30(35)23-18-12-7-13-19-23)27(24)40-29(34)22-16-10-6-11-17-22;1-34-27(33)23-21(35-24(30)17-11-5-2-6-12-17)20(29)22(36-25(31)18-13-7-3-8-14-18)28(37-23)38-26(32)19-15-9-4-10-16-19;1-11(2)14-5-6(16-11)8-7(13)9-10(15-8)18-12(3,4)17-9/h5-19,24-27,32H,3-4,20H2,1-2H3;2-16,20-23,28-29H,1H3;6-10,13H,5H2,1-4H3/t24-,25-,26?,27?,32-;20-,21-,22?,23?,28-;6?,7-,8?,9?,10?/m000/s1. The van der Waals surface area contributed by atoms with Crippen LogP contribution in [0.4, 0.5) is 0 Å². The van der Waals surface area contributed by atoms with E-state index in [-0.39, 0.29) is 46.1 Å². The average molecular weight is 1360 g/mol. The number of aliphatic hydroxyl groups is 2. The predicted octanol–water partition coefficient (Wildman–Crippen LogP) is 7.31. The summed E-state index contributed by atoms with van der Waals surface area (Å²) in [4.78, 5) is 103. The van der Waals surface area contributed by atoms with E-state index < -0.39 is 145 Å². The molecule has 2 N–H and O–H groups in total. The largest absolute Gasteiger partial charge is 0.467 e. The fourth-order valence-electron chi connectivity index (χ4n) is 10.8. The summed E-state index contributed by atoms with van der Waals surface area (Å²) >= 11 is 0. The molecular weight excluding hydrogens is 1280 g/mol.